The van der Waals surface area contributed by atoms with Gasteiger partial charge in [-0.2, -0.15) is 5.10 Å². The van der Waals surface area contributed by atoms with Crippen molar-refractivity contribution in [1.82, 2.24) is 24.6 Å². The molecule has 0 unspecified atom stereocenters. The molecule has 1 atom stereocenters. The van der Waals surface area contributed by atoms with Gasteiger partial charge in [0.15, 0.2) is 0 Å². The van der Waals surface area contributed by atoms with E-state index in [-0.39, 0.29) is 11.8 Å². The van der Waals surface area contributed by atoms with Crippen LogP contribution in [0.3, 0.4) is 0 Å². The molecular weight excluding hydrogens is 398 g/mol. The number of carbonyl (C=O) groups is 1. The second-order valence-corrected chi connectivity index (χ2v) is 8.78. The Morgan fingerprint density at radius 1 is 1.25 bits per heavy atom. The lowest BCUT2D eigenvalue weighted by atomic mass is 9.89. The smallest absolute Gasteiger partial charge is 0.257 e. The second-order valence-electron chi connectivity index (χ2n) is 8.78. The Bertz CT molecular complexity index is 1270. The van der Waals surface area contributed by atoms with E-state index in [0.717, 1.165) is 42.7 Å². The van der Waals surface area contributed by atoms with Crippen LogP contribution in [-0.4, -0.2) is 43.6 Å². The standard InChI is InChI=1S/C26H29N5O/c1-4-31-16-22(18(3)29-31)26(32)30-12-6-8-20(15-30)25-24(19-7-5-11-27-14-19)21-13-17(2)9-10-23(21)28-25/h5,7,9-11,13-14,16,20,28H,4,6,8,12,15H2,1-3H3/t20-/m0/s1. The maximum atomic E-state index is 13.4. The first-order valence-electron chi connectivity index (χ1n) is 11.4. The molecule has 1 aliphatic rings. The van der Waals surface area contributed by atoms with Gasteiger partial charge in [0.05, 0.1) is 11.3 Å². The number of nitrogens with one attached hydrogen (secondary N) is 1. The molecule has 5 rings (SSSR count). The lowest BCUT2D eigenvalue weighted by Crippen LogP contribution is -2.39. The van der Waals surface area contributed by atoms with E-state index in [9.17, 15) is 4.79 Å². The Morgan fingerprint density at radius 3 is 2.88 bits per heavy atom. The van der Waals surface area contributed by atoms with Gasteiger partial charge in [0.25, 0.3) is 5.91 Å². The molecule has 3 aromatic heterocycles. The lowest BCUT2D eigenvalue weighted by molar-refractivity contribution is 0.0705. The first-order valence-corrected chi connectivity index (χ1v) is 11.4. The lowest BCUT2D eigenvalue weighted by Gasteiger charge is -2.33. The predicted molar refractivity (Wildman–Crippen MR) is 127 cm³/mol. The maximum absolute atomic E-state index is 13.4. The van der Waals surface area contributed by atoms with E-state index in [1.807, 2.05) is 48.1 Å². The molecule has 6 heteroatoms. The summed E-state index contributed by atoms with van der Waals surface area (Å²) in [5.74, 6) is 0.332. The Hall–Kier alpha value is -3.41. The van der Waals surface area contributed by atoms with Gasteiger partial charge in [-0.05, 0) is 51.8 Å². The van der Waals surface area contributed by atoms with Gasteiger partial charge in [0, 0.05) is 71.9 Å². The highest BCUT2D eigenvalue weighted by atomic mass is 16.2. The Labute approximate surface area is 188 Å². The number of benzene rings is 1. The molecule has 1 aromatic carbocycles. The molecule has 1 aliphatic heterocycles. The number of amides is 1. The normalized spacial score (nSPS) is 16.6. The second kappa shape index (κ2) is 8.26. The van der Waals surface area contributed by atoms with Crippen LogP contribution in [0.25, 0.3) is 22.0 Å². The average Bonchev–Trinajstić information content (AvgIpc) is 3.39. The molecule has 0 bridgehead atoms. The summed E-state index contributed by atoms with van der Waals surface area (Å²) in [5, 5.41) is 5.69. The topological polar surface area (TPSA) is 66.8 Å². The number of aryl methyl sites for hydroxylation is 3. The monoisotopic (exact) mass is 427 g/mol. The fourth-order valence-electron chi connectivity index (χ4n) is 4.91. The number of piperidine rings is 1. The molecule has 1 N–H and O–H groups in total. The third kappa shape index (κ3) is 3.60. The van der Waals surface area contributed by atoms with Crippen molar-refractivity contribution in [3.8, 4) is 11.1 Å². The minimum Gasteiger partial charge on any atom is -0.358 e. The van der Waals surface area contributed by atoms with Crippen molar-refractivity contribution in [1.29, 1.82) is 0 Å². The molecule has 1 saturated heterocycles. The number of H-pyrrole nitrogens is 1. The van der Waals surface area contributed by atoms with Crippen LogP contribution in [0.5, 0.6) is 0 Å². The zero-order chi connectivity index (χ0) is 22.2. The fourth-order valence-corrected chi connectivity index (χ4v) is 4.91. The molecule has 1 fully saturated rings. The van der Waals surface area contributed by atoms with E-state index >= 15 is 0 Å². The van der Waals surface area contributed by atoms with Crippen molar-refractivity contribution < 1.29 is 4.79 Å². The van der Waals surface area contributed by atoms with Crippen LogP contribution < -0.4 is 0 Å². The molecule has 1 amide bonds. The van der Waals surface area contributed by atoms with Crippen LogP contribution in [0.1, 0.15) is 53.0 Å². The van der Waals surface area contributed by atoms with Crippen molar-refractivity contribution in [3.63, 3.8) is 0 Å². The fraction of sp³-hybridized carbons (Fsp3) is 0.346. The largest absolute Gasteiger partial charge is 0.358 e. The van der Waals surface area contributed by atoms with Gasteiger partial charge in [0.1, 0.15) is 0 Å². The van der Waals surface area contributed by atoms with Crippen LogP contribution in [0.4, 0.5) is 0 Å². The van der Waals surface area contributed by atoms with Gasteiger partial charge in [-0.15, -0.1) is 0 Å². The van der Waals surface area contributed by atoms with Gasteiger partial charge in [-0.1, -0.05) is 17.7 Å². The van der Waals surface area contributed by atoms with E-state index in [0.29, 0.717) is 12.1 Å². The number of aromatic amines is 1. The molecule has 0 spiro atoms. The maximum Gasteiger partial charge on any atom is 0.257 e. The van der Waals surface area contributed by atoms with E-state index in [1.165, 1.54) is 22.2 Å². The van der Waals surface area contributed by atoms with Crippen molar-refractivity contribution in [2.45, 2.75) is 46.1 Å². The number of nitrogens with zero attached hydrogens (tertiary/aromatic N) is 4. The number of likely N-dealkylation sites (tertiary alicyclic amines) is 1. The van der Waals surface area contributed by atoms with Crippen LogP contribution in [0, 0.1) is 13.8 Å². The summed E-state index contributed by atoms with van der Waals surface area (Å²) in [6, 6.07) is 10.6. The van der Waals surface area contributed by atoms with Gasteiger partial charge >= 0.3 is 0 Å². The quantitative estimate of drug-likeness (QED) is 0.494. The predicted octanol–water partition coefficient (Wildman–Crippen LogP) is 5.08. The molecule has 4 aromatic rings. The van der Waals surface area contributed by atoms with Crippen LogP contribution in [-0.2, 0) is 6.54 Å². The Kier molecular flexibility index (Phi) is 5.29. The highest BCUT2D eigenvalue weighted by molar-refractivity contribution is 5.98. The SMILES string of the molecule is CCn1cc(C(=O)N2CCC[C@H](c3[nH]c4ccc(C)cc4c3-c3cccnc3)C2)c(C)n1. The van der Waals surface area contributed by atoms with Crippen molar-refractivity contribution in [2.24, 2.45) is 0 Å². The molecule has 32 heavy (non-hydrogen) atoms. The van der Waals surface area contributed by atoms with Gasteiger partial charge in [0.2, 0.25) is 0 Å². The number of carbonyl (C=O) groups excluding carboxylic acids is 1. The summed E-state index contributed by atoms with van der Waals surface area (Å²) in [4.78, 5) is 23.4. The van der Waals surface area contributed by atoms with Crippen LogP contribution in [0.15, 0.2) is 48.9 Å². The number of fused-ring (bicyclic) bond motifs is 1. The van der Waals surface area contributed by atoms with Gasteiger partial charge < -0.3 is 9.88 Å². The Balaban J connectivity index is 1.52. The molecule has 164 valence electrons. The number of hydrogen-bond acceptors (Lipinski definition) is 3. The van der Waals surface area contributed by atoms with E-state index in [4.69, 9.17) is 0 Å². The van der Waals surface area contributed by atoms with Gasteiger partial charge in [-0.3, -0.25) is 14.5 Å². The van der Waals surface area contributed by atoms with E-state index < -0.39 is 0 Å². The van der Waals surface area contributed by atoms with Crippen molar-refractivity contribution >= 4 is 16.8 Å². The molecule has 4 heterocycles. The Morgan fingerprint density at radius 2 is 2.12 bits per heavy atom. The van der Waals surface area contributed by atoms with Gasteiger partial charge in [-0.25, -0.2) is 0 Å². The molecule has 6 nitrogen and oxygen atoms in total. The third-order valence-corrected chi connectivity index (χ3v) is 6.55. The number of aromatic nitrogens is 4. The zero-order valence-corrected chi connectivity index (χ0v) is 18.9. The van der Waals surface area contributed by atoms with Crippen molar-refractivity contribution in [3.05, 3.63) is 71.4 Å². The minimum absolute atomic E-state index is 0.0850. The van der Waals surface area contributed by atoms with E-state index in [1.54, 1.807) is 0 Å². The average molecular weight is 428 g/mol. The minimum atomic E-state index is 0.0850. The third-order valence-electron chi connectivity index (χ3n) is 6.55. The summed E-state index contributed by atoms with van der Waals surface area (Å²) >= 11 is 0. The van der Waals surface area contributed by atoms with Crippen LogP contribution >= 0.6 is 0 Å². The number of pyridine rings is 1. The van der Waals surface area contributed by atoms with Crippen LogP contribution in [0.2, 0.25) is 0 Å². The molecular formula is C26H29N5O. The first-order chi connectivity index (χ1) is 15.5. The highest BCUT2D eigenvalue weighted by Crippen LogP contribution is 2.39. The first kappa shape index (κ1) is 20.5. The van der Waals surface area contributed by atoms with E-state index in [2.05, 4.69) is 46.3 Å². The number of rotatable bonds is 4. The molecule has 0 saturated carbocycles. The number of hydrogen-bond donors (Lipinski definition) is 1. The summed E-state index contributed by atoms with van der Waals surface area (Å²) in [6.07, 6.45) is 7.66. The highest BCUT2D eigenvalue weighted by Gasteiger charge is 2.30. The summed E-state index contributed by atoms with van der Waals surface area (Å²) in [7, 11) is 0. The zero-order valence-electron chi connectivity index (χ0n) is 18.9. The van der Waals surface area contributed by atoms with Crippen molar-refractivity contribution in [2.75, 3.05) is 13.1 Å². The molecule has 0 aliphatic carbocycles. The summed E-state index contributed by atoms with van der Waals surface area (Å²) in [5.41, 5.74) is 7.42. The summed E-state index contributed by atoms with van der Waals surface area (Å²) < 4.78 is 1.84. The summed E-state index contributed by atoms with van der Waals surface area (Å²) in [6.45, 7) is 8.33. The molecule has 0 radical (unpaired) electrons.